The Labute approximate surface area is 84.3 Å². The van der Waals surface area contributed by atoms with E-state index < -0.39 is 6.17 Å². The zero-order chi connectivity index (χ0) is 10.7. The molecular formula is C10H18FN3. The molecule has 0 aliphatic rings. The van der Waals surface area contributed by atoms with Crippen LogP contribution in [0.15, 0.2) is 0 Å². The number of halogens is 1. The Kier molecular flexibility index (Phi) is 3.61. The average molecular weight is 199 g/mol. The van der Waals surface area contributed by atoms with E-state index in [-0.39, 0.29) is 0 Å². The minimum atomic E-state index is -1.08. The van der Waals surface area contributed by atoms with Gasteiger partial charge in [-0.05, 0) is 19.8 Å². The van der Waals surface area contributed by atoms with Gasteiger partial charge in [-0.2, -0.15) is 5.10 Å². The predicted octanol–water partition coefficient (Wildman–Crippen LogP) is 2.75. The Morgan fingerprint density at radius 1 is 1.36 bits per heavy atom. The van der Waals surface area contributed by atoms with Gasteiger partial charge in [0.2, 0.25) is 0 Å². The van der Waals surface area contributed by atoms with E-state index in [4.69, 9.17) is 0 Å². The molecule has 0 spiro atoms. The van der Waals surface area contributed by atoms with Crippen molar-refractivity contribution in [2.24, 2.45) is 7.05 Å². The van der Waals surface area contributed by atoms with Crippen LogP contribution in [0.5, 0.6) is 0 Å². The van der Waals surface area contributed by atoms with Gasteiger partial charge in [0, 0.05) is 13.0 Å². The van der Waals surface area contributed by atoms with Gasteiger partial charge in [-0.3, -0.25) is 4.68 Å². The molecule has 1 unspecified atom stereocenters. The van der Waals surface area contributed by atoms with Gasteiger partial charge in [0.1, 0.15) is 5.82 Å². The van der Waals surface area contributed by atoms with Crippen LogP contribution in [0.2, 0.25) is 0 Å². The number of aryl methyl sites for hydroxylation is 1. The van der Waals surface area contributed by atoms with Crippen molar-refractivity contribution in [2.45, 2.75) is 45.7 Å². The molecule has 0 saturated heterocycles. The Hall–Kier alpha value is -0.930. The Morgan fingerprint density at radius 2 is 1.93 bits per heavy atom. The van der Waals surface area contributed by atoms with E-state index in [2.05, 4.69) is 23.9 Å². The van der Waals surface area contributed by atoms with Crippen molar-refractivity contribution in [1.29, 1.82) is 0 Å². The van der Waals surface area contributed by atoms with E-state index >= 15 is 0 Å². The van der Waals surface area contributed by atoms with Gasteiger partial charge in [0.05, 0.1) is 0 Å². The van der Waals surface area contributed by atoms with E-state index in [1.807, 2.05) is 7.05 Å². The van der Waals surface area contributed by atoms with Crippen molar-refractivity contribution in [3.63, 3.8) is 0 Å². The molecule has 0 radical (unpaired) electrons. The number of alkyl halides is 1. The van der Waals surface area contributed by atoms with Crippen molar-refractivity contribution in [3.05, 3.63) is 11.6 Å². The highest BCUT2D eigenvalue weighted by Gasteiger charge is 2.17. The zero-order valence-electron chi connectivity index (χ0n) is 9.29. The lowest BCUT2D eigenvalue weighted by molar-refractivity contribution is 0.355. The van der Waals surface area contributed by atoms with Crippen molar-refractivity contribution in [3.8, 4) is 0 Å². The fourth-order valence-corrected chi connectivity index (χ4v) is 1.59. The highest BCUT2D eigenvalue weighted by molar-refractivity contribution is 5.00. The molecule has 0 fully saturated rings. The quantitative estimate of drug-likeness (QED) is 0.746. The smallest absolute Gasteiger partial charge is 0.184 e. The third-order valence-electron chi connectivity index (χ3n) is 2.52. The maximum Gasteiger partial charge on any atom is 0.184 e. The van der Waals surface area contributed by atoms with Crippen molar-refractivity contribution in [1.82, 2.24) is 14.8 Å². The lowest BCUT2D eigenvalue weighted by atomic mass is 10.0. The minimum Gasteiger partial charge on any atom is -0.252 e. The molecule has 1 aromatic rings. The summed E-state index contributed by atoms with van der Waals surface area (Å²) in [6.45, 7) is 5.69. The van der Waals surface area contributed by atoms with E-state index in [1.54, 1.807) is 4.68 Å². The minimum absolute atomic E-state index is 0.300. The second kappa shape index (κ2) is 4.53. The molecule has 0 bridgehead atoms. The third kappa shape index (κ3) is 2.11. The van der Waals surface area contributed by atoms with Crippen LogP contribution >= 0.6 is 0 Å². The molecule has 0 saturated carbocycles. The van der Waals surface area contributed by atoms with Gasteiger partial charge in [-0.25, -0.2) is 9.37 Å². The van der Waals surface area contributed by atoms with Crippen molar-refractivity contribution >= 4 is 0 Å². The molecule has 0 amide bonds. The summed E-state index contributed by atoms with van der Waals surface area (Å²) in [4.78, 5) is 4.23. The molecule has 80 valence electrons. The average Bonchev–Trinajstić information content (AvgIpc) is 2.51. The fraction of sp³-hybridized carbons (Fsp3) is 0.800. The van der Waals surface area contributed by atoms with Crippen molar-refractivity contribution in [2.75, 3.05) is 0 Å². The highest BCUT2D eigenvalue weighted by Crippen LogP contribution is 2.22. The van der Waals surface area contributed by atoms with Crippen LogP contribution in [0.25, 0.3) is 0 Å². The van der Waals surface area contributed by atoms with Crippen LogP contribution in [0, 0.1) is 0 Å². The summed E-state index contributed by atoms with van der Waals surface area (Å²) in [5.74, 6) is 1.59. The summed E-state index contributed by atoms with van der Waals surface area (Å²) in [7, 11) is 1.83. The van der Waals surface area contributed by atoms with Gasteiger partial charge in [-0.1, -0.05) is 13.8 Å². The second-order valence-corrected chi connectivity index (χ2v) is 3.58. The molecule has 0 N–H and O–H groups in total. The molecule has 14 heavy (non-hydrogen) atoms. The van der Waals surface area contributed by atoms with E-state index in [9.17, 15) is 4.39 Å². The molecule has 0 aromatic carbocycles. The lowest BCUT2D eigenvalue weighted by Gasteiger charge is -2.09. The Morgan fingerprint density at radius 3 is 2.29 bits per heavy atom. The van der Waals surface area contributed by atoms with Crippen molar-refractivity contribution < 1.29 is 4.39 Å². The van der Waals surface area contributed by atoms with E-state index in [1.165, 1.54) is 6.92 Å². The topological polar surface area (TPSA) is 30.7 Å². The van der Waals surface area contributed by atoms with Gasteiger partial charge in [0.25, 0.3) is 0 Å². The van der Waals surface area contributed by atoms with E-state index in [0.717, 1.165) is 18.7 Å². The highest BCUT2D eigenvalue weighted by atomic mass is 19.1. The predicted molar refractivity (Wildman–Crippen MR) is 53.8 cm³/mol. The molecule has 4 heteroatoms. The third-order valence-corrected chi connectivity index (χ3v) is 2.52. The van der Waals surface area contributed by atoms with Gasteiger partial charge in [0.15, 0.2) is 12.0 Å². The largest absolute Gasteiger partial charge is 0.252 e. The first-order valence-corrected chi connectivity index (χ1v) is 5.15. The molecule has 0 aliphatic carbocycles. The first-order chi connectivity index (χ1) is 6.60. The second-order valence-electron chi connectivity index (χ2n) is 3.58. The number of hydrogen-bond acceptors (Lipinski definition) is 2. The standard InChI is InChI=1S/C10H18FN3/c1-5-8(6-2)10-12-9(7(3)11)13-14(10)4/h7-8H,5-6H2,1-4H3. The SMILES string of the molecule is CCC(CC)c1nc(C(C)F)nn1C. The molecule has 1 heterocycles. The summed E-state index contributed by atoms with van der Waals surface area (Å²) in [6, 6.07) is 0. The van der Waals surface area contributed by atoms with Gasteiger partial charge in [-0.15, -0.1) is 0 Å². The first-order valence-electron chi connectivity index (χ1n) is 5.15. The Balaban J connectivity index is 2.96. The van der Waals surface area contributed by atoms with E-state index in [0.29, 0.717) is 11.7 Å². The number of nitrogens with zero attached hydrogens (tertiary/aromatic N) is 3. The van der Waals surface area contributed by atoms with Crippen LogP contribution in [-0.4, -0.2) is 14.8 Å². The normalized spacial score (nSPS) is 13.6. The van der Waals surface area contributed by atoms with Gasteiger partial charge < -0.3 is 0 Å². The fourth-order valence-electron chi connectivity index (χ4n) is 1.59. The molecule has 0 aliphatic heterocycles. The van der Waals surface area contributed by atoms with Crippen LogP contribution in [-0.2, 0) is 7.05 Å². The molecule has 1 rings (SSSR count). The molecule has 1 aromatic heterocycles. The number of hydrogen-bond donors (Lipinski definition) is 0. The van der Waals surface area contributed by atoms with Gasteiger partial charge >= 0.3 is 0 Å². The number of rotatable bonds is 4. The monoisotopic (exact) mass is 199 g/mol. The molecule has 3 nitrogen and oxygen atoms in total. The molecule has 1 atom stereocenters. The summed E-state index contributed by atoms with van der Waals surface area (Å²) in [6.07, 6.45) is 0.955. The number of aromatic nitrogens is 3. The zero-order valence-corrected chi connectivity index (χ0v) is 9.29. The van der Waals surface area contributed by atoms with Crippen LogP contribution < -0.4 is 0 Å². The van der Waals surface area contributed by atoms with Crippen LogP contribution in [0.1, 0.15) is 57.4 Å². The maximum absolute atomic E-state index is 13.0. The summed E-state index contributed by atoms with van der Waals surface area (Å²) < 4.78 is 14.7. The Bertz CT molecular complexity index is 290. The lowest BCUT2D eigenvalue weighted by Crippen LogP contribution is -2.05. The van der Waals surface area contributed by atoms with Crippen LogP contribution in [0.3, 0.4) is 0 Å². The molecular weight excluding hydrogens is 181 g/mol. The summed E-state index contributed by atoms with van der Waals surface area (Å²) >= 11 is 0. The summed E-state index contributed by atoms with van der Waals surface area (Å²) in [5.41, 5.74) is 0. The first kappa shape index (κ1) is 11.1. The maximum atomic E-state index is 13.0. The van der Waals surface area contributed by atoms with Crippen LogP contribution in [0.4, 0.5) is 4.39 Å². The summed E-state index contributed by atoms with van der Waals surface area (Å²) in [5, 5.41) is 4.06.